The molecule has 7 heteroatoms. The number of rotatable bonds is 3. The standard InChI is InChI=1S/C19H20N4O3/c1-13-12-22(17-5-3-4-6-18(17)25-2)9-10-23(13)19(24)14-7-8-15-16(11-14)21-26-20-15/h3-8,11,13H,9-10,12H2,1-2H3/t13-/m0/s1. The van der Waals surface area contributed by atoms with Gasteiger partial charge >= 0.3 is 0 Å². The van der Waals surface area contributed by atoms with Gasteiger partial charge in [0, 0.05) is 31.2 Å². The topological polar surface area (TPSA) is 71.7 Å². The van der Waals surface area contributed by atoms with Crippen molar-refractivity contribution in [2.24, 2.45) is 0 Å². The summed E-state index contributed by atoms with van der Waals surface area (Å²) in [4.78, 5) is 17.1. The fourth-order valence-electron chi connectivity index (χ4n) is 3.45. The zero-order valence-corrected chi connectivity index (χ0v) is 14.8. The number of fused-ring (bicyclic) bond motifs is 1. The minimum absolute atomic E-state index is 0.00192. The number of ether oxygens (including phenoxy) is 1. The summed E-state index contributed by atoms with van der Waals surface area (Å²) in [5, 5.41) is 7.59. The molecule has 3 aromatic rings. The highest BCUT2D eigenvalue weighted by molar-refractivity contribution is 5.97. The van der Waals surface area contributed by atoms with Crippen LogP contribution in [0.1, 0.15) is 17.3 Å². The summed E-state index contributed by atoms with van der Waals surface area (Å²) in [6, 6.07) is 13.3. The van der Waals surface area contributed by atoms with Crippen LogP contribution in [-0.2, 0) is 0 Å². The molecule has 0 radical (unpaired) electrons. The van der Waals surface area contributed by atoms with E-state index in [1.165, 1.54) is 0 Å². The molecule has 2 heterocycles. The number of hydrogen-bond donors (Lipinski definition) is 0. The van der Waals surface area contributed by atoms with Crippen LogP contribution in [0.15, 0.2) is 47.1 Å². The second kappa shape index (κ2) is 6.67. The number of methoxy groups -OCH3 is 1. The molecule has 0 bridgehead atoms. The average Bonchev–Trinajstić information content (AvgIpc) is 3.15. The Balaban J connectivity index is 1.52. The lowest BCUT2D eigenvalue weighted by molar-refractivity contribution is 0.0674. The third-order valence-corrected chi connectivity index (χ3v) is 4.81. The van der Waals surface area contributed by atoms with Crippen LogP contribution in [0.3, 0.4) is 0 Å². The first-order chi connectivity index (χ1) is 12.7. The fourth-order valence-corrected chi connectivity index (χ4v) is 3.45. The maximum atomic E-state index is 12.9. The van der Waals surface area contributed by atoms with Crippen LogP contribution in [0, 0.1) is 0 Å². The lowest BCUT2D eigenvalue weighted by atomic mass is 10.1. The number of piperazine rings is 1. The van der Waals surface area contributed by atoms with Gasteiger partial charge in [0.25, 0.3) is 5.91 Å². The summed E-state index contributed by atoms with van der Waals surface area (Å²) < 4.78 is 10.2. The van der Waals surface area contributed by atoms with E-state index in [-0.39, 0.29) is 11.9 Å². The number of aromatic nitrogens is 2. The van der Waals surface area contributed by atoms with Crippen molar-refractivity contribution < 1.29 is 14.2 Å². The Hall–Kier alpha value is -3.09. The van der Waals surface area contributed by atoms with Gasteiger partial charge in [0.2, 0.25) is 0 Å². The highest BCUT2D eigenvalue weighted by atomic mass is 16.6. The predicted molar refractivity (Wildman–Crippen MR) is 97.5 cm³/mol. The van der Waals surface area contributed by atoms with Crippen molar-refractivity contribution in [3.05, 3.63) is 48.0 Å². The van der Waals surface area contributed by atoms with Gasteiger partial charge in [-0.1, -0.05) is 12.1 Å². The molecule has 0 unspecified atom stereocenters. The average molecular weight is 352 g/mol. The predicted octanol–water partition coefficient (Wildman–Crippen LogP) is 2.58. The molecule has 0 aliphatic carbocycles. The molecule has 26 heavy (non-hydrogen) atoms. The molecule has 1 atom stereocenters. The maximum Gasteiger partial charge on any atom is 0.254 e. The number of carbonyl (C=O) groups is 1. The molecule has 1 fully saturated rings. The Labute approximate surface area is 151 Å². The van der Waals surface area contributed by atoms with Gasteiger partial charge < -0.3 is 14.5 Å². The summed E-state index contributed by atoms with van der Waals surface area (Å²) in [5.41, 5.74) is 2.90. The smallest absolute Gasteiger partial charge is 0.254 e. The zero-order chi connectivity index (χ0) is 18.1. The van der Waals surface area contributed by atoms with Gasteiger partial charge in [-0.25, -0.2) is 4.63 Å². The van der Waals surface area contributed by atoms with Gasteiger partial charge in [-0.2, -0.15) is 0 Å². The number of anilines is 1. The van der Waals surface area contributed by atoms with Gasteiger partial charge in [-0.15, -0.1) is 0 Å². The second-order valence-corrected chi connectivity index (χ2v) is 6.43. The molecular weight excluding hydrogens is 332 g/mol. The number of nitrogens with zero attached hydrogens (tertiary/aromatic N) is 4. The summed E-state index contributed by atoms with van der Waals surface area (Å²) >= 11 is 0. The molecule has 0 N–H and O–H groups in total. The van der Waals surface area contributed by atoms with Crippen molar-refractivity contribution in [1.29, 1.82) is 0 Å². The van der Waals surface area contributed by atoms with E-state index in [2.05, 4.69) is 28.2 Å². The van der Waals surface area contributed by atoms with Crippen LogP contribution in [0.2, 0.25) is 0 Å². The molecule has 0 saturated carbocycles. The van der Waals surface area contributed by atoms with Crippen LogP contribution in [0.25, 0.3) is 11.0 Å². The number of benzene rings is 2. The number of hydrogen-bond acceptors (Lipinski definition) is 6. The molecule has 1 amide bonds. The Bertz CT molecular complexity index is 939. The van der Waals surface area contributed by atoms with Crippen molar-refractivity contribution in [3.8, 4) is 5.75 Å². The number of carbonyl (C=O) groups excluding carboxylic acids is 1. The van der Waals surface area contributed by atoms with Crippen LogP contribution in [-0.4, -0.2) is 53.9 Å². The quantitative estimate of drug-likeness (QED) is 0.721. The molecule has 2 aromatic carbocycles. The first-order valence-electron chi connectivity index (χ1n) is 8.58. The van der Waals surface area contributed by atoms with Crippen molar-refractivity contribution in [2.45, 2.75) is 13.0 Å². The Morgan fingerprint density at radius 1 is 1.15 bits per heavy atom. The molecule has 134 valence electrons. The normalized spacial score (nSPS) is 17.5. The van der Waals surface area contributed by atoms with Gasteiger partial charge in [-0.3, -0.25) is 4.79 Å². The van der Waals surface area contributed by atoms with Crippen molar-refractivity contribution in [2.75, 3.05) is 31.6 Å². The van der Waals surface area contributed by atoms with Gasteiger partial charge in [0.1, 0.15) is 16.8 Å². The molecule has 0 spiro atoms. The first kappa shape index (κ1) is 16.4. The second-order valence-electron chi connectivity index (χ2n) is 6.43. The van der Waals surface area contributed by atoms with Crippen molar-refractivity contribution >= 4 is 22.6 Å². The van der Waals surface area contributed by atoms with E-state index in [0.29, 0.717) is 23.1 Å². The fraction of sp³-hybridized carbons (Fsp3) is 0.316. The highest BCUT2D eigenvalue weighted by Gasteiger charge is 2.29. The molecule has 7 nitrogen and oxygen atoms in total. The van der Waals surface area contributed by atoms with E-state index in [4.69, 9.17) is 9.37 Å². The van der Waals surface area contributed by atoms with E-state index in [9.17, 15) is 4.79 Å². The minimum atomic E-state index is 0.00192. The molecular formula is C19H20N4O3. The summed E-state index contributed by atoms with van der Waals surface area (Å²) in [7, 11) is 1.68. The monoisotopic (exact) mass is 352 g/mol. The Kier molecular flexibility index (Phi) is 4.20. The third kappa shape index (κ3) is 2.85. The SMILES string of the molecule is COc1ccccc1N1CCN(C(=O)c2ccc3nonc3c2)[C@@H](C)C1. The van der Waals surface area contributed by atoms with Crippen molar-refractivity contribution in [1.82, 2.24) is 15.2 Å². The lowest BCUT2D eigenvalue weighted by Crippen LogP contribution is -2.54. The van der Waals surface area contributed by atoms with E-state index < -0.39 is 0 Å². The molecule has 1 saturated heterocycles. The van der Waals surface area contributed by atoms with Crippen LogP contribution < -0.4 is 9.64 Å². The molecule has 1 aliphatic heterocycles. The van der Waals surface area contributed by atoms with Gasteiger partial charge in [0.15, 0.2) is 0 Å². The summed E-state index contributed by atoms with van der Waals surface area (Å²) in [6.07, 6.45) is 0. The summed E-state index contributed by atoms with van der Waals surface area (Å²) in [5.74, 6) is 0.852. The number of amides is 1. The lowest BCUT2D eigenvalue weighted by Gasteiger charge is -2.41. The van der Waals surface area contributed by atoms with Gasteiger partial charge in [-0.05, 0) is 47.6 Å². The minimum Gasteiger partial charge on any atom is -0.495 e. The van der Waals surface area contributed by atoms with Crippen molar-refractivity contribution in [3.63, 3.8) is 0 Å². The Morgan fingerprint density at radius 2 is 1.96 bits per heavy atom. The number of para-hydroxylation sites is 2. The molecule has 1 aromatic heterocycles. The van der Waals surface area contributed by atoms with Crippen LogP contribution >= 0.6 is 0 Å². The largest absolute Gasteiger partial charge is 0.495 e. The zero-order valence-electron chi connectivity index (χ0n) is 14.8. The molecule has 1 aliphatic rings. The molecule has 4 rings (SSSR count). The maximum absolute atomic E-state index is 12.9. The summed E-state index contributed by atoms with van der Waals surface area (Å²) in [6.45, 7) is 4.22. The van der Waals surface area contributed by atoms with E-state index in [1.54, 1.807) is 25.3 Å². The van der Waals surface area contributed by atoms with E-state index in [0.717, 1.165) is 24.5 Å². The van der Waals surface area contributed by atoms with Crippen LogP contribution in [0.5, 0.6) is 5.75 Å². The van der Waals surface area contributed by atoms with E-state index in [1.807, 2.05) is 23.1 Å². The van der Waals surface area contributed by atoms with E-state index >= 15 is 0 Å². The van der Waals surface area contributed by atoms with Crippen LogP contribution in [0.4, 0.5) is 5.69 Å². The third-order valence-electron chi connectivity index (χ3n) is 4.81. The first-order valence-corrected chi connectivity index (χ1v) is 8.58. The Morgan fingerprint density at radius 3 is 2.77 bits per heavy atom. The highest BCUT2D eigenvalue weighted by Crippen LogP contribution is 2.29. The van der Waals surface area contributed by atoms with Gasteiger partial charge in [0.05, 0.1) is 12.8 Å².